The van der Waals surface area contributed by atoms with E-state index in [2.05, 4.69) is 13.8 Å². The molecule has 0 aliphatic heterocycles. The Balaban J connectivity index is -0.000000699. The monoisotopic (exact) mass is 729 g/mol. The largest absolute Gasteiger partial charge is 2.00 e. The molecule has 286 valence electrons. The van der Waals surface area contributed by atoms with E-state index in [0.717, 1.165) is 25.7 Å². The van der Waals surface area contributed by atoms with E-state index in [0.29, 0.717) is 5.56 Å². The molecule has 6 nitrogen and oxygen atoms in total. The molecule has 1 aromatic carbocycles. The summed E-state index contributed by atoms with van der Waals surface area (Å²) in [5.74, 6) is -2.69. The van der Waals surface area contributed by atoms with E-state index in [1.54, 1.807) is 30.3 Å². The van der Waals surface area contributed by atoms with Gasteiger partial charge in [-0.1, -0.05) is 212 Å². The molecule has 0 saturated carbocycles. The first-order chi connectivity index (χ1) is 23.8. The molecule has 7 heteroatoms. The van der Waals surface area contributed by atoms with Crippen LogP contribution in [0.2, 0.25) is 0 Å². The Kier molecular flexibility index (Phi) is 48.9. The fourth-order valence-electron chi connectivity index (χ4n) is 5.86. The molecule has 0 aliphatic carbocycles. The van der Waals surface area contributed by atoms with Crippen LogP contribution >= 0.6 is 0 Å². The van der Waals surface area contributed by atoms with Gasteiger partial charge >= 0.3 is 43.7 Å². The van der Waals surface area contributed by atoms with Crippen molar-refractivity contribution < 1.29 is 29.7 Å². The number of hydrogen-bond donors (Lipinski definition) is 1. The third kappa shape index (κ3) is 49.0. The number of unbranched alkanes of at least 4 members (excludes halogenated alkanes) is 28. The van der Waals surface area contributed by atoms with Crippen molar-refractivity contribution in [1.82, 2.24) is 0 Å². The summed E-state index contributed by atoms with van der Waals surface area (Å²) < 4.78 is 0. The van der Waals surface area contributed by atoms with Gasteiger partial charge in [-0.05, 0) is 37.8 Å². The van der Waals surface area contributed by atoms with E-state index in [9.17, 15) is 24.6 Å². The molecule has 0 fully saturated rings. The minimum atomic E-state index is -0.903. The van der Waals surface area contributed by atoms with Gasteiger partial charge in [0.2, 0.25) is 0 Å². The van der Waals surface area contributed by atoms with Crippen LogP contribution in [-0.4, -0.2) is 60.8 Å². The SMILES string of the molecule is CCCCCCCCCCCCCCCCCC(=O)[O-].CCCCCCCCCCCCCCCCCC(=O)[O-].O=C(O)c1ccccc1.[Ca+2]. The molecular weight excluding hydrogens is 653 g/mol. The van der Waals surface area contributed by atoms with Crippen molar-refractivity contribution in [1.29, 1.82) is 0 Å². The maximum absolute atomic E-state index is 10.2. The van der Waals surface area contributed by atoms with E-state index < -0.39 is 17.9 Å². The summed E-state index contributed by atoms with van der Waals surface area (Å²) in [4.78, 5) is 30.6. The topological polar surface area (TPSA) is 118 Å². The van der Waals surface area contributed by atoms with Gasteiger partial charge in [0.05, 0.1) is 5.56 Å². The third-order valence-corrected chi connectivity index (χ3v) is 8.99. The summed E-state index contributed by atoms with van der Waals surface area (Å²) in [5, 5.41) is 28.8. The molecule has 0 amide bonds. The van der Waals surface area contributed by atoms with Gasteiger partial charge in [0.1, 0.15) is 0 Å². The number of carboxylic acids is 3. The smallest absolute Gasteiger partial charge is 0.550 e. The van der Waals surface area contributed by atoms with Gasteiger partial charge in [-0.25, -0.2) is 4.79 Å². The number of aromatic carboxylic acids is 1. The molecule has 1 N–H and O–H groups in total. The second-order valence-corrected chi connectivity index (χ2v) is 13.8. The van der Waals surface area contributed by atoms with Gasteiger partial charge in [-0.2, -0.15) is 0 Å². The van der Waals surface area contributed by atoms with Crippen LogP contribution in [0.25, 0.3) is 0 Å². The Morgan fingerprint density at radius 1 is 0.420 bits per heavy atom. The number of carboxylic acid groups (broad SMARTS) is 3. The second-order valence-electron chi connectivity index (χ2n) is 13.8. The molecule has 0 atom stereocenters. The summed E-state index contributed by atoms with van der Waals surface area (Å²) >= 11 is 0. The molecule has 0 bridgehead atoms. The van der Waals surface area contributed by atoms with Crippen LogP contribution in [0.1, 0.15) is 230 Å². The van der Waals surface area contributed by atoms with Crippen LogP contribution in [0.15, 0.2) is 30.3 Å². The minimum Gasteiger partial charge on any atom is -0.550 e. The van der Waals surface area contributed by atoms with Crippen molar-refractivity contribution in [2.75, 3.05) is 0 Å². The van der Waals surface area contributed by atoms with Gasteiger partial charge in [-0.3, -0.25) is 0 Å². The molecule has 1 rings (SSSR count). The van der Waals surface area contributed by atoms with Crippen molar-refractivity contribution in [3.05, 3.63) is 35.9 Å². The van der Waals surface area contributed by atoms with Gasteiger partial charge in [0.15, 0.2) is 0 Å². The van der Waals surface area contributed by atoms with Crippen molar-refractivity contribution in [3.8, 4) is 0 Å². The van der Waals surface area contributed by atoms with Crippen molar-refractivity contribution in [2.24, 2.45) is 0 Å². The van der Waals surface area contributed by atoms with E-state index in [4.69, 9.17) is 5.11 Å². The van der Waals surface area contributed by atoms with Gasteiger partial charge < -0.3 is 24.9 Å². The Labute approximate surface area is 338 Å². The predicted octanol–water partition coefficient (Wildman–Crippen LogP) is 11.0. The Morgan fingerprint density at radius 3 is 0.820 bits per heavy atom. The second kappa shape index (κ2) is 45.9. The average Bonchev–Trinajstić information content (AvgIpc) is 3.09. The van der Waals surface area contributed by atoms with Crippen molar-refractivity contribution in [3.63, 3.8) is 0 Å². The number of benzene rings is 1. The van der Waals surface area contributed by atoms with Crippen LogP contribution in [0.3, 0.4) is 0 Å². The van der Waals surface area contributed by atoms with E-state index in [1.165, 1.54) is 167 Å². The Bertz CT molecular complexity index is 788. The summed E-state index contributed by atoms with van der Waals surface area (Å²) in [6.07, 6.45) is 39.7. The molecule has 0 unspecified atom stereocenters. The minimum absolute atomic E-state index is 0. The molecule has 1 aromatic rings. The van der Waals surface area contributed by atoms with Crippen molar-refractivity contribution >= 4 is 55.6 Å². The Morgan fingerprint density at radius 2 is 0.640 bits per heavy atom. The maximum atomic E-state index is 10.2. The zero-order valence-electron chi connectivity index (χ0n) is 32.7. The summed E-state index contributed by atoms with van der Waals surface area (Å²) in [5.41, 5.74) is 0.331. The van der Waals surface area contributed by atoms with Crippen LogP contribution in [0.4, 0.5) is 0 Å². The molecule has 0 saturated heterocycles. The number of carbonyl (C=O) groups excluding carboxylic acids is 2. The fourth-order valence-corrected chi connectivity index (χ4v) is 5.86. The van der Waals surface area contributed by atoms with E-state index in [-0.39, 0.29) is 50.6 Å². The van der Waals surface area contributed by atoms with E-state index in [1.807, 2.05) is 0 Å². The first-order valence-corrected chi connectivity index (χ1v) is 20.5. The molecule has 50 heavy (non-hydrogen) atoms. The normalized spacial score (nSPS) is 10.3. The van der Waals surface area contributed by atoms with Crippen molar-refractivity contribution in [2.45, 2.75) is 219 Å². The van der Waals surface area contributed by atoms with Gasteiger partial charge in [0, 0.05) is 11.9 Å². The average molecular weight is 729 g/mol. The van der Waals surface area contributed by atoms with Crippen LogP contribution < -0.4 is 10.2 Å². The number of rotatable bonds is 33. The van der Waals surface area contributed by atoms with Crippen LogP contribution in [-0.2, 0) is 9.59 Å². The zero-order valence-corrected chi connectivity index (χ0v) is 34.9. The van der Waals surface area contributed by atoms with Crippen LogP contribution in [0.5, 0.6) is 0 Å². The van der Waals surface area contributed by atoms with Crippen LogP contribution in [0, 0.1) is 0 Å². The van der Waals surface area contributed by atoms with Gasteiger partial charge in [0.25, 0.3) is 0 Å². The third-order valence-electron chi connectivity index (χ3n) is 8.99. The number of aliphatic carboxylic acids is 2. The quantitative estimate of drug-likeness (QED) is 0.0568. The molecular formula is C43H76CaO6. The maximum Gasteiger partial charge on any atom is 2.00 e. The zero-order chi connectivity index (χ0) is 36.5. The molecule has 0 aromatic heterocycles. The summed E-state index contributed by atoms with van der Waals surface area (Å²) in [6, 6.07) is 8.30. The Hall–Kier alpha value is -1.11. The number of carbonyl (C=O) groups is 3. The summed E-state index contributed by atoms with van der Waals surface area (Å²) in [7, 11) is 0. The molecule has 0 heterocycles. The first kappa shape index (κ1) is 53.2. The molecule has 0 radical (unpaired) electrons. The number of hydrogen-bond acceptors (Lipinski definition) is 5. The summed E-state index contributed by atoms with van der Waals surface area (Å²) in [6.45, 7) is 4.53. The first-order valence-electron chi connectivity index (χ1n) is 20.5. The standard InChI is InChI=1S/2C18H36O2.C7H6O2.Ca/c2*1-2-3-4-5-6-7-8-9-10-11-12-13-14-15-16-17-18(19)20;8-7(9)6-4-2-1-3-5-6;/h2*2-17H2,1H3,(H,19,20);1-5H,(H,8,9);/q;;;+2/p-2. The van der Waals surface area contributed by atoms with E-state index >= 15 is 0 Å². The molecule has 0 spiro atoms. The fraction of sp³-hybridized carbons (Fsp3) is 0.791. The predicted molar refractivity (Wildman–Crippen MR) is 208 cm³/mol. The molecule has 0 aliphatic rings. The van der Waals surface area contributed by atoms with Gasteiger partial charge in [-0.15, -0.1) is 0 Å².